The van der Waals surface area contributed by atoms with Crippen LogP contribution in [0.3, 0.4) is 0 Å². The molecule has 5 nitrogen and oxygen atoms in total. The van der Waals surface area contributed by atoms with Crippen LogP contribution < -0.4 is 0 Å². The first-order valence-corrected chi connectivity index (χ1v) is 17.5. The molecule has 206 valence electrons. The molecule has 13 heteroatoms. The minimum absolute atomic E-state index is 0.0537. The van der Waals surface area contributed by atoms with Gasteiger partial charge in [-0.25, -0.2) is 26.9 Å². The third-order valence-electron chi connectivity index (χ3n) is 6.10. The first kappa shape index (κ1) is 31.4. The molecule has 0 aromatic heterocycles. The van der Waals surface area contributed by atoms with E-state index in [1.807, 2.05) is 0 Å². The number of nitro groups is 1. The summed E-state index contributed by atoms with van der Waals surface area (Å²) in [6, 6.07) is 19.6. The van der Waals surface area contributed by atoms with Gasteiger partial charge in [0.2, 0.25) is 5.82 Å². The van der Waals surface area contributed by atoms with Crippen LogP contribution in [0.15, 0.2) is 77.8 Å². The third-order valence-corrected chi connectivity index (χ3v) is 6.10. The second-order valence-corrected chi connectivity index (χ2v) is 12.0. The Morgan fingerprint density at radius 2 is 1.27 bits per heavy atom. The van der Waals surface area contributed by atoms with Gasteiger partial charge in [-0.05, 0) is 18.1 Å². The number of phenols is 1. The van der Waals surface area contributed by atoms with Gasteiger partial charge in [-0.15, -0.1) is 0 Å². The number of hydrogen-bond acceptors (Lipinski definition) is 4. The number of phenolic OH excluding ortho intramolecular Hbond substituents is 1. The number of halogens is 7. The van der Waals surface area contributed by atoms with E-state index >= 15 is 0 Å². The van der Waals surface area contributed by atoms with Crippen molar-refractivity contribution in [2.75, 3.05) is 0 Å². The Balaban J connectivity index is 0.00000141. The van der Waals surface area contributed by atoms with E-state index in [9.17, 15) is 37.2 Å². The van der Waals surface area contributed by atoms with Crippen LogP contribution in [0.5, 0.6) is 5.75 Å². The number of aromatic hydroxyl groups is 1. The Morgan fingerprint density at radius 3 is 1.70 bits per heavy atom. The molecule has 0 aliphatic rings. The zero-order valence-corrected chi connectivity index (χ0v) is 24.3. The van der Waals surface area contributed by atoms with E-state index in [1.165, 1.54) is 0 Å². The molecule has 0 spiro atoms. The number of benzene rings is 4. The van der Waals surface area contributed by atoms with Crippen molar-refractivity contribution in [1.82, 2.24) is 0 Å². The summed E-state index contributed by atoms with van der Waals surface area (Å²) in [6.45, 7) is 1.72. The monoisotopic (exact) mass is 672 g/mol. The normalized spacial score (nSPS) is 11.2. The summed E-state index contributed by atoms with van der Waals surface area (Å²) < 4.78 is 68.8. The van der Waals surface area contributed by atoms with Gasteiger partial charge in [0.25, 0.3) is 5.69 Å². The average Bonchev–Trinajstić information content (AvgIpc) is 2.96. The van der Waals surface area contributed by atoms with Crippen LogP contribution in [0.1, 0.15) is 29.2 Å². The summed E-state index contributed by atoms with van der Waals surface area (Å²) in [5, 5.41) is 23.0. The Kier molecular flexibility index (Phi) is 10.6. The molecular formula is C27H17Cl2F5N2O3Zr. The zero-order valence-electron chi connectivity index (χ0n) is 20.3. The first-order valence-electron chi connectivity index (χ1n) is 11.1. The zero-order chi connectivity index (χ0) is 29.6. The summed E-state index contributed by atoms with van der Waals surface area (Å²) in [5.74, 6) is -11.6. The number of nitrogens with zero attached hydrogens (tertiary/aromatic N) is 2. The molecule has 0 amide bonds. The molecular weight excluding hydrogens is 657 g/mol. The van der Waals surface area contributed by atoms with Gasteiger partial charge in [-0.1, -0.05) is 60.7 Å². The summed E-state index contributed by atoms with van der Waals surface area (Å²) in [6.07, 6.45) is 0.612. The molecule has 0 saturated heterocycles. The van der Waals surface area contributed by atoms with Crippen molar-refractivity contribution in [2.45, 2.75) is 12.3 Å². The standard InChI is InChI=1S/C27H17F5N2O3.2ClH.Zr/c1-27(16-8-4-2-5-9-16,17-10-6-3-7-11-17)19-13-18(34(36)37)12-15(26(19)35)14-33-25-23(31)21(29)20(28)22(30)24(25)32;;;/h2-14,35H,1H3;2*1H;/q;;;+2/p-2. The Labute approximate surface area is 243 Å². The molecule has 0 saturated carbocycles. The van der Waals surface area contributed by atoms with Gasteiger partial charge in [0, 0.05) is 34.9 Å². The second-order valence-electron chi connectivity index (χ2n) is 8.29. The fraction of sp³-hybridized carbons (Fsp3) is 0.0741. The van der Waals surface area contributed by atoms with Gasteiger partial charge in [0.1, 0.15) is 11.4 Å². The number of nitro benzene ring substituents is 1. The fourth-order valence-corrected chi connectivity index (χ4v) is 4.09. The van der Waals surface area contributed by atoms with E-state index < -0.39 is 77.4 Å². The van der Waals surface area contributed by atoms with Crippen LogP contribution in [0.4, 0.5) is 33.3 Å². The van der Waals surface area contributed by atoms with E-state index in [0.29, 0.717) is 17.3 Å². The molecule has 0 bridgehead atoms. The fourth-order valence-electron chi connectivity index (χ4n) is 4.09. The van der Waals surface area contributed by atoms with Crippen molar-refractivity contribution < 1.29 is 52.8 Å². The summed E-state index contributed by atoms with van der Waals surface area (Å²) in [4.78, 5) is 14.4. The summed E-state index contributed by atoms with van der Waals surface area (Å²) >= 11 is -0.826. The minimum atomic E-state index is -2.35. The number of rotatable bonds is 6. The Morgan fingerprint density at radius 1 is 0.850 bits per heavy atom. The van der Waals surface area contributed by atoms with Crippen molar-refractivity contribution in [3.63, 3.8) is 0 Å². The predicted molar refractivity (Wildman–Crippen MR) is 138 cm³/mol. The van der Waals surface area contributed by atoms with Crippen LogP contribution in [0.25, 0.3) is 0 Å². The van der Waals surface area contributed by atoms with Gasteiger partial charge in [-0.3, -0.25) is 10.1 Å². The number of non-ortho nitro benzene ring substituents is 1. The molecule has 0 unspecified atom stereocenters. The Hall–Kier alpha value is -3.14. The van der Waals surface area contributed by atoms with Gasteiger partial charge in [0.15, 0.2) is 23.3 Å². The van der Waals surface area contributed by atoms with Crippen LogP contribution in [0, 0.1) is 39.2 Å². The van der Waals surface area contributed by atoms with Crippen LogP contribution in [-0.4, -0.2) is 16.2 Å². The van der Waals surface area contributed by atoms with Crippen molar-refractivity contribution in [2.24, 2.45) is 4.99 Å². The first-order chi connectivity index (χ1) is 19.0. The van der Waals surface area contributed by atoms with E-state index in [1.54, 1.807) is 67.6 Å². The van der Waals surface area contributed by atoms with Gasteiger partial charge < -0.3 is 5.11 Å². The van der Waals surface area contributed by atoms with Crippen molar-refractivity contribution in [3.05, 3.63) is 134 Å². The molecule has 1 N–H and O–H groups in total. The quantitative estimate of drug-likeness (QED) is 0.0424. The molecule has 4 aromatic rings. The number of hydrogen-bond donors (Lipinski definition) is 1. The van der Waals surface area contributed by atoms with E-state index in [2.05, 4.69) is 4.99 Å². The van der Waals surface area contributed by atoms with Gasteiger partial charge >= 0.3 is 37.9 Å². The molecule has 0 fully saturated rings. The maximum atomic E-state index is 14.1. The van der Waals surface area contributed by atoms with E-state index in [4.69, 9.17) is 17.0 Å². The molecule has 0 aliphatic carbocycles. The molecule has 0 atom stereocenters. The second kappa shape index (κ2) is 13.5. The molecule has 0 aliphatic heterocycles. The van der Waals surface area contributed by atoms with Crippen LogP contribution in [-0.2, 0) is 26.3 Å². The van der Waals surface area contributed by atoms with E-state index in [0.717, 1.165) is 12.1 Å². The topological polar surface area (TPSA) is 75.7 Å². The van der Waals surface area contributed by atoms with Gasteiger partial charge in [-0.2, -0.15) is 0 Å². The summed E-state index contributed by atoms with van der Waals surface area (Å²) in [7, 11) is 9.87. The molecule has 0 heterocycles. The van der Waals surface area contributed by atoms with Crippen molar-refractivity contribution in [1.29, 1.82) is 0 Å². The SMILES string of the molecule is CC(c1ccccc1)(c1ccccc1)c1cc([N+](=O)[O-])cc(C=Nc2c(F)c(F)c(F)c(F)c2F)c1O.[Cl][Zr][Cl]. The van der Waals surface area contributed by atoms with E-state index in [-0.39, 0.29) is 11.1 Å². The summed E-state index contributed by atoms with van der Waals surface area (Å²) in [5.41, 5.74) is -2.17. The van der Waals surface area contributed by atoms with Crippen LogP contribution in [0.2, 0.25) is 0 Å². The third kappa shape index (κ3) is 6.27. The van der Waals surface area contributed by atoms with Crippen molar-refractivity contribution >= 4 is 34.6 Å². The Bertz CT molecular complexity index is 1490. The molecule has 4 aromatic carbocycles. The molecule has 40 heavy (non-hydrogen) atoms. The van der Waals surface area contributed by atoms with Crippen molar-refractivity contribution in [3.8, 4) is 5.75 Å². The average molecular weight is 675 g/mol. The molecule has 0 radical (unpaired) electrons. The van der Waals surface area contributed by atoms with Crippen LogP contribution >= 0.6 is 17.0 Å². The maximum absolute atomic E-state index is 14.1. The molecule has 4 rings (SSSR count). The van der Waals surface area contributed by atoms with Gasteiger partial charge in [0.05, 0.1) is 4.92 Å². The predicted octanol–water partition coefficient (Wildman–Crippen LogP) is 8.48. The number of aliphatic imine (C=N–C) groups is 1.